The van der Waals surface area contributed by atoms with Crippen molar-refractivity contribution in [3.05, 3.63) is 88.8 Å². The van der Waals surface area contributed by atoms with Gasteiger partial charge in [-0.1, -0.05) is 49.4 Å². The predicted molar refractivity (Wildman–Crippen MR) is 114 cm³/mol. The molecule has 2 aromatic carbocycles. The predicted octanol–water partition coefficient (Wildman–Crippen LogP) is 4.72. The van der Waals surface area contributed by atoms with Crippen LogP contribution in [-0.4, -0.2) is 27.6 Å². The number of hydrogen-bond acceptors (Lipinski definition) is 2. The Balaban J connectivity index is 1.71. The van der Waals surface area contributed by atoms with E-state index in [4.69, 9.17) is 0 Å². The van der Waals surface area contributed by atoms with Gasteiger partial charge in [0, 0.05) is 30.9 Å². The van der Waals surface area contributed by atoms with Gasteiger partial charge in [0.1, 0.15) is 0 Å². The topological polar surface area (TPSA) is 38.1 Å². The van der Waals surface area contributed by atoms with Gasteiger partial charge in [0.2, 0.25) is 5.91 Å². The van der Waals surface area contributed by atoms with E-state index in [-0.39, 0.29) is 5.91 Å². The van der Waals surface area contributed by atoms with Crippen LogP contribution < -0.4 is 0 Å². The molecule has 0 spiro atoms. The first kappa shape index (κ1) is 19.6. The van der Waals surface area contributed by atoms with E-state index < -0.39 is 0 Å². The highest BCUT2D eigenvalue weighted by Gasteiger charge is 2.16. The Bertz CT molecular complexity index is 969. The zero-order valence-electron chi connectivity index (χ0n) is 17.0. The number of para-hydroxylation sites is 1. The van der Waals surface area contributed by atoms with Crippen LogP contribution in [0, 0.1) is 13.8 Å². The standard InChI is InChI=1S/C24H27N3O/c1-5-20-11-13-21(14-12-20)15-16-24(28)26(4)17-23-18(2)25-27(19(23)3)22-9-7-6-8-10-22/h6-16H,5,17H2,1-4H3/b16-15+. The van der Waals surface area contributed by atoms with Crippen molar-refractivity contribution >= 4 is 12.0 Å². The van der Waals surface area contributed by atoms with Crippen LogP contribution in [0.2, 0.25) is 0 Å². The number of hydrogen-bond donors (Lipinski definition) is 0. The monoisotopic (exact) mass is 373 g/mol. The van der Waals surface area contributed by atoms with Crippen LogP contribution in [0.1, 0.15) is 35.0 Å². The maximum Gasteiger partial charge on any atom is 0.246 e. The summed E-state index contributed by atoms with van der Waals surface area (Å²) in [5.41, 5.74) is 6.44. The second kappa shape index (κ2) is 8.70. The third-order valence-electron chi connectivity index (χ3n) is 5.02. The first-order valence-corrected chi connectivity index (χ1v) is 9.62. The highest BCUT2D eigenvalue weighted by molar-refractivity contribution is 5.91. The van der Waals surface area contributed by atoms with Crippen LogP contribution in [0.5, 0.6) is 0 Å². The quantitative estimate of drug-likeness (QED) is 0.586. The van der Waals surface area contributed by atoms with Gasteiger partial charge in [-0.25, -0.2) is 4.68 Å². The summed E-state index contributed by atoms with van der Waals surface area (Å²) >= 11 is 0. The summed E-state index contributed by atoms with van der Waals surface area (Å²) in [6.07, 6.45) is 4.51. The average Bonchev–Trinajstić information content (AvgIpc) is 3.01. The maximum atomic E-state index is 12.6. The minimum absolute atomic E-state index is 0.0224. The molecule has 0 aliphatic rings. The molecule has 28 heavy (non-hydrogen) atoms. The van der Waals surface area contributed by atoms with Crippen molar-refractivity contribution in [2.24, 2.45) is 0 Å². The lowest BCUT2D eigenvalue weighted by Crippen LogP contribution is -2.24. The summed E-state index contributed by atoms with van der Waals surface area (Å²) < 4.78 is 1.94. The number of carbonyl (C=O) groups excluding carboxylic acids is 1. The summed E-state index contributed by atoms with van der Waals surface area (Å²) in [4.78, 5) is 14.3. The first-order valence-electron chi connectivity index (χ1n) is 9.62. The third kappa shape index (κ3) is 4.39. The molecule has 0 atom stereocenters. The van der Waals surface area contributed by atoms with Gasteiger partial charge < -0.3 is 4.90 Å². The second-order valence-corrected chi connectivity index (χ2v) is 7.02. The van der Waals surface area contributed by atoms with Crippen molar-refractivity contribution in [2.45, 2.75) is 33.7 Å². The van der Waals surface area contributed by atoms with Crippen LogP contribution in [0.25, 0.3) is 11.8 Å². The number of benzene rings is 2. The fourth-order valence-electron chi connectivity index (χ4n) is 3.20. The van der Waals surface area contributed by atoms with Gasteiger partial charge in [-0.3, -0.25) is 4.79 Å². The summed E-state index contributed by atoms with van der Waals surface area (Å²) in [7, 11) is 1.82. The zero-order valence-corrected chi connectivity index (χ0v) is 17.0. The fraction of sp³-hybridized carbons (Fsp3) is 0.250. The lowest BCUT2D eigenvalue weighted by molar-refractivity contribution is -0.125. The molecule has 0 aliphatic carbocycles. The molecule has 0 fully saturated rings. The van der Waals surface area contributed by atoms with Crippen LogP contribution in [0.4, 0.5) is 0 Å². The van der Waals surface area contributed by atoms with Gasteiger partial charge in [-0.2, -0.15) is 5.10 Å². The molecule has 3 aromatic rings. The molecule has 1 heterocycles. The summed E-state index contributed by atoms with van der Waals surface area (Å²) in [5.74, 6) is -0.0224. The van der Waals surface area contributed by atoms with Crippen molar-refractivity contribution in [2.75, 3.05) is 7.05 Å². The number of amides is 1. The van der Waals surface area contributed by atoms with Crippen LogP contribution in [0.15, 0.2) is 60.7 Å². The van der Waals surface area contributed by atoms with Crippen LogP contribution >= 0.6 is 0 Å². The lowest BCUT2D eigenvalue weighted by atomic mass is 10.1. The van der Waals surface area contributed by atoms with Crippen molar-refractivity contribution in [1.29, 1.82) is 0 Å². The summed E-state index contributed by atoms with van der Waals surface area (Å²) in [6, 6.07) is 18.3. The van der Waals surface area contributed by atoms with Crippen LogP contribution in [0.3, 0.4) is 0 Å². The fourth-order valence-corrected chi connectivity index (χ4v) is 3.20. The number of aryl methyl sites for hydroxylation is 2. The van der Waals surface area contributed by atoms with E-state index >= 15 is 0 Å². The molecule has 1 amide bonds. The molecular formula is C24H27N3O. The number of likely N-dealkylation sites (N-methyl/N-ethyl adjacent to an activating group) is 1. The number of aromatic nitrogens is 2. The molecule has 0 unspecified atom stereocenters. The molecule has 4 heteroatoms. The largest absolute Gasteiger partial charge is 0.338 e. The first-order chi connectivity index (χ1) is 13.5. The molecule has 3 rings (SSSR count). The molecule has 0 N–H and O–H groups in total. The van der Waals surface area contributed by atoms with E-state index in [1.807, 2.05) is 74.1 Å². The molecule has 4 nitrogen and oxygen atoms in total. The molecule has 0 saturated carbocycles. The Kier molecular flexibility index (Phi) is 6.09. The molecule has 0 saturated heterocycles. The van der Waals surface area contributed by atoms with E-state index in [2.05, 4.69) is 24.2 Å². The average molecular weight is 374 g/mol. The minimum atomic E-state index is -0.0224. The number of carbonyl (C=O) groups is 1. The Morgan fingerprint density at radius 1 is 1.07 bits per heavy atom. The van der Waals surface area contributed by atoms with E-state index in [1.54, 1.807) is 11.0 Å². The van der Waals surface area contributed by atoms with Gasteiger partial charge in [0.25, 0.3) is 0 Å². The third-order valence-corrected chi connectivity index (χ3v) is 5.02. The van der Waals surface area contributed by atoms with Crippen LogP contribution in [-0.2, 0) is 17.8 Å². The van der Waals surface area contributed by atoms with Crippen molar-refractivity contribution < 1.29 is 4.79 Å². The molecule has 144 valence electrons. The van der Waals surface area contributed by atoms with Gasteiger partial charge in [0.05, 0.1) is 11.4 Å². The van der Waals surface area contributed by atoms with Gasteiger partial charge in [-0.15, -0.1) is 0 Å². The van der Waals surface area contributed by atoms with E-state index in [0.29, 0.717) is 6.54 Å². The molecule has 0 aliphatic heterocycles. The highest BCUT2D eigenvalue weighted by Crippen LogP contribution is 2.19. The van der Waals surface area contributed by atoms with E-state index in [1.165, 1.54) is 5.56 Å². The SMILES string of the molecule is CCc1ccc(/C=C/C(=O)N(C)Cc2c(C)nn(-c3ccccc3)c2C)cc1. The van der Waals surface area contributed by atoms with Crippen molar-refractivity contribution in [1.82, 2.24) is 14.7 Å². The Morgan fingerprint density at radius 3 is 2.39 bits per heavy atom. The number of nitrogens with zero attached hydrogens (tertiary/aromatic N) is 3. The molecule has 0 bridgehead atoms. The van der Waals surface area contributed by atoms with E-state index in [9.17, 15) is 4.79 Å². The normalized spacial score (nSPS) is 11.1. The highest BCUT2D eigenvalue weighted by atomic mass is 16.2. The Labute approximate surface area is 167 Å². The Morgan fingerprint density at radius 2 is 1.75 bits per heavy atom. The van der Waals surface area contributed by atoms with E-state index in [0.717, 1.165) is 34.6 Å². The summed E-state index contributed by atoms with van der Waals surface area (Å²) in [6.45, 7) is 6.70. The zero-order chi connectivity index (χ0) is 20.1. The van der Waals surface area contributed by atoms with Gasteiger partial charge >= 0.3 is 0 Å². The number of rotatable bonds is 6. The second-order valence-electron chi connectivity index (χ2n) is 7.02. The lowest BCUT2D eigenvalue weighted by Gasteiger charge is -2.15. The smallest absolute Gasteiger partial charge is 0.246 e. The molecular weight excluding hydrogens is 346 g/mol. The van der Waals surface area contributed by atoms with Gasteiger partial charge in [-0.05, 0) is 49.6 Å². The molecule has 0 radical (unpaired) electrons. The van der Waals surface area contributed by atoms with Gasteiger partial charge in [0.15, 0.2) is 0 Å². The minimum Gasteiger partial charge on any atom is -0.338 e. The maximum absolute atomic E-state index is 12.6. The van der Waals surface area contributed by atoms with Crippen molar-refractivity contribution in [3.63, 3.8) is 0 Å². The molecule has 1 aromatic heterocycles. The van der Waals surface area contributed by atoms with Crippen molar-refractivity contribution in [3.8, 4) is 5.69 Å². The Hall–Kier alpha value is -3.14. The summed E-state index contributed by atoms with van der Waals surface area (Å²) in [5, 5.41) is 4.66.